The molecule has 4 aromatic rings. The van der Waals surface area contributed by atoms with E-state index in [9.17, 15) is 4.39 Å². The summed E-state index contributed by atoms with van der Waals surface area (Å²) in [6.45, 7) is 0.448. The Morgan fingerprint density at radius 2 is 1.71 bits per heavy atom. The number of nitrogens with zero attached hydrogens (tertiary/aromatic N) is 3. The molecule has 0 unspecified atom stereocenters. The minimum atomic E-state index is -0.275. The Morgan fingerprint density at radius 3 is 2.50 bits per heavy atom. The lowest BCUT2D eigenvalue weighted by atomic mass is 10.2. The van der Waals surface area contributed by atoms with Crippen molar-refractivity contribution >= 4 is 11.2 Å². The summed E-state index contributed by atoms with van der Waals surface area (Å²) in [6, 6.07) is 19.8. The predicted molar refractivity (Wildman–Crippen MR) is 89.6 cm³/mol. The maximum absolute atomic E-state index is 13.1. The molecule has 118 valence electrons. The zero-order valence-corrected chi connectivity index (χ0v) is 12.8. The Labute approximate surface area is 138 Å². The first kappa shape index (κ1) is 14.4. The van der Waals surface area contributed by atoms with E-state index < -0.39 is 0 Å². The first-order valence-corrected chi connectivity index (χ1v) is 7.56. The minimum Gasteiger partial charge on any atom is -0.473 e. The molecule has 2 heterocycles. The molecule has 0 amide bonds. The zero-order valence-electron chi connectivity index (χ0n) is 12.8. The van der Waals surface area contributed by atoms with Crippen LogP contribution in [0.4, 0.5) is 4.39 Å². The molecule has 24 heavy (non-hydrogen) atoms. The molecule has 0 fully saturated rings. The molecular formula is C19H14FN3O. The van der Waals surface area contributed by atoms with Crippen LogP contribution in [0.15, 0.2) is 73.1 Å². The number of halogens is 1. The Morgan fingerprint density at radius 1 is 0.917 bits per heavy atom. The van der Waals surface area contributed by atoms with Gasteiger partial charge in [-0.15, -0.1) is 0 Å². The van der Waals surface area contributed by atoms with Crippen LogP contribution in [0.2, 0.25) is 0 Å². The van der Waals surface area contributed by atoms with Gasteiger partial charge < -0.3 is 4.74 Å². The van der Waals surface area contributed by atoms with Crippen molar-refractivity contribution in [2.75, 3.05) is 0 Å². The SMILES string of the molecule is Fc1ccc(-n2cnc3ccc(OCc4ccccc4)nc32)cc1. The number of rotatable bonds is 4. The molecule has 4 nitrogen and oxygen atoms in total. The summed E-state index contributed by atoms with van der Waals surface area (Å²) in [5.74, 6) is 0.248. The van der Waals surface area contributed by atoms with Gasteiger partial charge in [-0.3, -0.25) is 4.57 Å². The van der Waals surface area contributed by atoms with Crippen molar-refractivity contribution in [2.24, 2.45) is 0 Å². The van der Waals surface area contributed by atoms with Gasteiger partial charge in [-0.2, -0.15) is 4.98 Å². The highest BCUT2D eigenvalue weighted by molar-refractivity contribution is 5.73. The van der Waals surface area contributed by atoms with E-state index in [0.717, 1.165) is 16.8 Å². The maximum atomic E-state index is 13.1. The number of benzene rings is 2. The molecule has 0 aliphatic rings. The highest BCUT2D eigenvalue weighted by atomic mass is 19.1. The number of ether oxygens (including phenoxy) is 1. The second-order valence-corrected chi connectivity index (χ2v) is 5.36. The fourth-order valence-electron chi connectivity index (χ4n) is 2.48. The summed E-state index contributed by atoms with van der Waals surface area (Å²) in [4.78, 5) is 8.86. The molecule has 0 bridgehead atoms. The van der Waals surface area contributed by atoms with Crippen LogP contribution in [0.3, 0.4) is 0 Å². The Kier molecular flexibility index (Phi) is 3.67. The van der Waals surface area contributed by atoms with Crippen LogP contribution in [0.1, 0.15) is 5.56 Å². The summed E-state index contributed by atoms with van der Waals surface area (Å²) in [5, 5.41) is 0. The summed E-state index contributed by atoms with van der Waals surface area (Å²) in [5.41, 5.74) is 3.30. The predicted octanol–water partition coefficient (Wildman–Crippen LogP) is 4.14. The zero-order chi connectivity index (χ0) is 16.4. The number of hydrogen-bond acceptors (Lipinski definition) is 3. The van der Waals surface area contributed by atoms with Crippen LogP contribution in [-0.4, -0.2) is 14.5 Å². The van der Waals surface area contributed by atoms with Crippen molar-refractivity contribution in [3.8, 4) is 11.6 Å². The van der Waals surface area contributed by atoms with E-state index in [1.807, 2.05) is 41.0 Å². The van der Waals surface area contributed by atoms with Gasteiger partial charge in [0.15, 0.2) is 5.65 Å². The normalized spacial score (nSPS) is 10.9. The van der Waals surface area contributed by atoms with Crippen LogP contribution in [0.5, 0.6) is 5.88 Å². The molecule has 5 heteroatoms. The van der Waals surface area contributed by atoms with Crippen molar-refractivity contribution in [3.63, 3.8) is 0 Å². The molecule has 0 radical (unpaired) electrons. The number of hydrogen-bond donors (Lipinski definition) is 0. The lowest BCUT2D eigenvalue weighted by molar-refractivity contribution is 0.295. The van der Waals surface area contributed by atoms with Gasteiger partial charge in [-0.05, 0) is 35.9 Å². The van der Waals surface area contributed by atoms with Gasteiger partial charge in [-0.25, -0.2) is 9.37 Å². The largest absolute Gasteiger partial charge is 0.473 e. The van der Waals surface area contributed by atoms with Crippen LogP contribution in [-0.2, 0) is 6.61 Å². The van der Waals surface area contributed by atoms with Gasteiger partial charge in [0.2, 0.25) is 5.88 Å². The van der Waals surface area contributed by atoms with Crippen molar-refractivity contribution < 1.29 is 9.13 Å². The number of fused-ring (bicyclic) bond motifs is 1. The first-order chi connectivity index (χ1) is 11.8. The average molecular weight is 319 g/mol. The van der Waals surface area contributed by atoms with Gasteiger partial charge in [-0.1, -0.05) is 30.3 Å². The molecule has 0 spiro atoms. The van der Waals surface area contributed by atoms with E-state index in [-0.39, 0.29) is 5.82 Å². The molecular weight excluding hydrogens is 305 g/mol. The third kappa shape index (κ3) is 2.84. The number of aromatic nitrogens is 3. The molecule has 0 saturated carbocycles. The second kappa shape index (κ2) is 6.12. The standard InChI is InChI=1S/C19H14FN3O/c20-15-6-8-16(9-7-15)23-13-21-17-10-11-18(22-19(17)23)24-12-14-4-2-1-3-5-14/h1-11,13H,12H2. The monoisotopic (exact) mass is 319 g/mol. The van der Waals surface area contributed by atoms with Crippen molar-refractivity contribution in [1.29, 1.82) is 0 Å². The van der Waals surface area contributed by atoms with Crippen LogP contribution in [0, 0.1) is 5.82 Å². The third-order valence-corrected chi connectivity index (χ3v) is 3.70. The Bertz CT molecular complexity index is 965. The number of imidazole rings is 1. The molecule has 0 atom stereocenters. The van der Waals surface area contributed by atoms with Gasteiger partial charge >= 0.3 is 0 Å². The van der Waals surface area contributed by atoms with Gasteiger partial charge in [0.05, 0.1) is 0 Å². The smallest absolute Gasteiger partial charge is 0.215 e. The average Bonchev–Trinajstić information content (AvgIpc) is 3.05. The summed E-state index contributed by atoms with van der Waals surface area (Å²) in [7, 11) is 0. The van der Waals surface area contributed by atoms with Crippen LogP contribution in [0.25, 0.3) is 16.9 Å². The van der Waals surface area contributed by atoms with E-state index in [4.69, 9.17) is 4.74 Å². The lowest BCUT2D eigenvalue weighted by Crippen LogP contribution is -1.99. The molecule has 0 saturated heterocycles. The second-order valence-electron chi connectivity index (χ2n) is 5.36. The van der Waals surface area contributed by atoms with Crippen molar-refractivity contribution in [1.82, 2.24) is 14.5 Å². The number of pyridine rings is 1. The van der Waals surface area contributed by atoms with E-state index in [2.05, 4.69) is 9.97 Å². The molecule has 0 N–H and O–H groups in total. The minimum absolute atomic E-state index is 0.275. The fraction of sp³-hybridized carbons (Fsp3) is 0.0526. The van der Waals surface area contributed by atoms with Gasteiger partial charge in [0.1, 0.15) is 24.3 Å². The first-order valence-electron chi connectivity index (χ1n) is 7.56. The van der Waals surface area contributed by atoms with E-state index in [1.165, 1.54) is 12.1 Å². The molecule has 2 aromatic carbocycles. The van der Waals surface area contributed by atoms with Gasteiger partial charge in [0.25, 0.3) is 0 Å². The fourth-order valence-corrected chi connectivity index (χ4v) is 2.48. The maximum Gasteiger partial charge on any atom is 0.215 e. The third-order valence-electron chi connectivity index (χ3n) is 3.70. The van der Waals surface area contributed by atoms with Crippen molar-refractivity contribution in [3.05, 3.63) is 84.4 Å². The summed E-state index contributed by atoms with van der Waals surface area (Å²) >= 11 is 0. The summed E-state index contributed by atoms with van der Waals surface area (Å²) < 4.78 is 20.7. The van der Waals surface area contributed by atoms with E-state index >= 15 is 0 Å². The highest BCUT2D eigenvalue weighted by Gasteiger charge is 2.08. The van der Waals surface area contributed by atoms with E-state index in [0.29, 0.717) is 18.1 Å². The van der Waals surface area contributed by atoms with Gasteiger partial charge in [0, 0.05) is 11.8 Å². The quantitative estimate of drug-likeness (QED) is 0.567. The van der Waals surface area contributed by atoms with Crippen LogP contribution >= 0.6 is 0 Å². The van der Waals surface area contributed by atoms with E-state index in [1.54, 1.807) is 24.5 Å². The van der Waals surface area contributed by atoms with Crippen molar-refractivity contribution in [2.45, 2.75) is 6.61 Å². The van der Waals surface area contributed by atoms with Crippen LogP contribution < -0.4 is 4.74 Å². The topological polar surface area (TPSA) is 39.9 Å². The molecule has 2 aromatic heterocycles. The Hall–Kier alpha value is -3.21. The lowest BCUT2D eigenvalue weighted by Gasteiger charge is -2.07. The highest BCUT2D eigenvalue weighted by Crippen LogP contribution is 2.20. The Balaban J connectivity index is 1.64. The molecule has 0 aliphatic carbocycles. The summed E-state index contributed by atoms with van der Waals surface area (Å²) in [6.07, 6.45) is 1.67. The molecule has 0 aliphatic heterocycles. The molecule has 4 rings (SSSR count).